The lowest BCUT2D eigenvalue weighted by molar-refractivity contribution is 0.0761. The van der Waals surface area contributed by atoms with Crippen LogP contribution in [0.5, 0.6) is 0 Å². The van der Waals surface area contributed by atoms with Crippen LogP contribution in [0.1, 0.15) is 17.3 Å². The average molecular weight is 318 g/mol. The van der Waals surface area contributed by atoms with Gasteiger partial charge in [0.05, 0.1) is 10.0 Å². The van der Waals surface area contributed by atoms with Gasteiger partial charge < -0.3 is 4.90 Å². The van der Waals surface area contributed by atoms with Crippen LogP contribution >= 0.6 is 27.7 Å². The first-order valence-corrected chi connectivity index (χ1v) is 7.28. The van der Waals surface area contributed by atoms with E-state index >= 15 is 0 Å². The number of benzene rings is 1. The molecule has 0 aromatic heterocycles. The summed E-state index contributed by atoms with van der Waals surface area (Å²) in [6.45, 7) is 3.56. The van der Waals surface area contributed by atoms with Gasteiger partial charge in [-0.3, -0.25) is 4.79 Å². The molecule has 2 rings (SSSR count). The van der Waals surface area contributed by atoms with Crippen LogP contribution < -0.4 is 0 Å². The molecule has 92 valence electrons. The fourth-order valence-corrected chi connectivity index (χ4v) is 3.29. The highest BCUT2D eigenvalue weighted by Gasteiger charge is 2.24. The molecule has 1 saturated heterocycles. The Balaban J connectivity index is 2.22. The highest BCUT2D eigenvalue weighted by molar-refractivity contribution is 9.10. The van der Waals surface area contributed by atoms with Crippen LogP contribution in [0.15, 0.2) is 22.7 Å². The Labute approximate surface area is 113 Å². The SMILES string of the molecule is CC1CN(C(=O)c2cccc(F)c2Br)CCS1. The molecule has 1 aromatic rings. The van der Waals surface area contributed by atoms with Crippen molar-refractivity contribution in [2.45, 2.75) is 12.2 Å². The molecule has 0 saturated carbocycles. The van der Waals surface area contributed by atoms with E-state index in [-0.39, 0.29) is 10.4 Å². The smallest absolute Gasteiger partial charge is 0.255 e. The zero-order valence-corrected chi connectivity index (χ0v) is 11.9. The van der Waals surface area contributed by atoms with E-state index in [1.165, 1.54) is 6.07 Å². The molecule has 0 radical (unpaired) electrons. The molecule has 1 aliphatic rings. The van der Waals surface area contributed by atoms with E-state index in [9.17, 15) is 9.18 Å². The summed E-state index contributed by atoms with van der Waals surface area (Å²) in [6, 6.07) is 4.56. The normalized spacial score (nSPS) is 20.4. The van der Waals surface area contributed by atoms with Gasteiger partial charge in [0.1, 0.15) is 5.82 Å². The Hall–Kier alpha value is -0.550. The molecule has 17 heavy (non-hydrogen) atoms. The molecular formula is C12H13BrFNOS. The number of amides is 1. The van der Waals surface area contributed by atoms with E-state index in [0.29, 0.717) is 10.8 Å². The number of hydrogen-bond acceptors (Lipinski definition) is 2. The summed E-state index contributed by atoms with van der Waals surface area (Å²) >= 11 is 5.00. The summed E-state index contributed by atoms with van der Waals surface area (Å²) in [7, 11) is 0. The van der Waals surface area contributed by atoms with Gasteiger partial charge in [-0.05, 0) is 28.1 Å². The monoisotopic (exact) mass is 317 g/mol. The second-order valence-electron chi connectivity index (χ2n) is 4.03. The predicted molar refractivity (Wildman–Crippen MR) is 71.9 cm³/mol. The summed E-state index contributed by atoms with van der Waals surface area (Å²) in [4.78, 5) is 14.0. The minimum Gasteiger partial charge on any atom is -0.337 e. The van der Waals surface area contributed by atoms with Gasteiger partial charge in [0.2, 0.25) is 0 Å². The third kappa shape index (κ3) is 2.83. The largest absolute Gasteiger partial charge is 0.337 e. The van der Waals surface area contributed by atoms with Crippen molar-refractivity contribution in [3.05, 3.63) is 34.1 Å². The third-order valence-electron chi connectivity index (χ3n) is 2.71. The molecule has 5 heteroatoms. The van der Waals surface area contributed by atoms with Crippen molar-refractivity contribution in [1.29, 1.82) is 0 Å². The quantitative estimate of drug-likeness (QED) is 0.793. The standard InChI is InChI=1S/C12H13BrFNOS/c1-8-7-15(5-6-17-8)12(16)9-3-2-4-10(14)11(9)13/h2-4,8H,5-7H2,1H3. The van der Waals surface area contributed by atoms with Crippen molar-refractivity contribution in [2.24, 2.45) is 0 Å². The highest BCUT2D eigenvalue weighted by Crippen LogP contribution is 2.24. The Morgan fingerprint density at radius 1 is 1.59 bits per heavy atom. The van der Waals surface area contributed by atoms with Crippen molar-refractivity contribution < 1.29 is 9.18 Å². The Bertz CT molecular complexity index is 441. The highest BCUT2D eigenvalue weighted by atomic mass is 79.9. The molecule has 0 N–H and O–H groups in total. The van der Waals surface area contributed by atoms with Crippen LogP contribution in [0.4, 0.5) is 4.39 Å². The van der Waals surface area contributed by atoms with Gasteiger partial charge in [0, 0.05) is 24.1 Å². The molecule has 1 atom stereocenters. The van der Waals surface area contributed by atoms with Gasteiger partial charge in [-0.25, -0.2) is 4.39 Å². The van der Waals surface area contributed by atoms with E-state index in [2.05, 4.69) is 22.9 Å². The van der Waals surface area contributed by atoms with Crippen molar-refractivity contribution in [3.8, 4) is 0 Å². The predicted octanol–water partition coefficient (Wildman–Crippen LogP) is 3.17. The number of rotatable bonds is 1. The van der Waals surface area contributed by atoms with Gasteiger partial charge in [-0.1, -0.05) is 13.0 Å². The van der Waals surface area contributed by atoms with Crippen molar-refractivity contribution in [3.63, 3.8) is 0 Å². The molecule has 0 spiro atoms. The Morgan fingerprint density at radius 3 is 3.06 bits per heavy atom. The van der Waals surface area contributed by atoms with Crippen LogP contribution in [0.3, 0.4) is 0 Å². The number of nitrogens with zero attached hydrogens (tertiary/aromatic N) is 1. The number of carbonyl (C=O) groups is 1. The van der Waals surface area contributed by atoms with Crippen LogP contribution in [0.2, 0.25) is 0 Å². The second-order valence-corrected chi connectivity index (χ2v) is 6.37. The molecule has 0 aliphatic carbocycles. The summed E-state index contributed by atoms with van der Waals surface area (Å²) in [5.41, 5.74) is 0.407. The summed E-state index contributed by atoms with van der Waals surface area (Å²) in [6.07, 6.45) is 0. The first-order valence-electron chi connectivity index (χ1n) is 5.44. The summed E-state index contributed by atoms with van der Waals surface area (Å²) in [5, 5.41) is 0.444. The van der Waals surface area contributed by atoms with E-state index in [1.807, 2.05) is 11.8 Å². The summed E-state index contributed by atoms with van der Waals surface area (Å²) < 4.78 is 13.6. The van der Waals surface area contributed by atoms with Crippen LogP contribution in [0, 0.1) is 5.82 Å². The maximum atomic E-state index is 13.4. The van der Waals surface area contributed by atoms with E-state index in [0.717, 1.165) is 18.8 Å². The molecule has 1 amide bonds. The summed E-state index contributed by atoms with van der Waals surface area (Å²) in [5.74, 6) is 0.457. The zero-order chi connectivity index (χ0) is 12.4. The van der Waals surface area contributed by atoms with E-state index < -0.39 is 5.82 Å². The van der Waals surface area contributed by atoms with Crippen LogP contribution in [-0.2, 0) is 0 Å². The molecule has 0 bridgehead atoms. The minimum atomic E-state index is -0.393. The van der Waals surface area contributed by atoms with Crippen molar-refractivity contribution in [2.75, 3.05) is 18.8 Å². The van der Waals surface area contributed by atoms with Gasteiger partial charge in [-0.15, -0.1) is 0 Å². The average Bonchev–Trinajstić information content (AvgIpc) is 2.32. The van der Waals surface area contributed by atoms with Crippen molar-refractivity contribution in [1.82, 2.24) is 4.90 Å². The first-order chi connectivity index (χ1) is 8.09. The Morgan fingerprint density at radius 2 is 2.35 bits per heavy atom. The maximum Gasteiger partial charge on any atom is 0.255 e. The molecule has 1 fully saturated rings. The van der Waals surface area contributed by atoms with E-state index in [1.54, 1.807) is 17.0 Å². The topological polar surface area (TPSA) is 20.3 Å². The maximum absolute atomic E-state index is 13.4. The lowest BCUT2D eigenvalue weighted by Gasteiger charge is -2.30. The minimum absolute atomic E-state index is 0.0940. The Kier molecular flexibility index (Phi) is 4.09. The van der Waals surface area contributed by atoms with E-state index in [4.69, 9.17) is 0 Å². The molecule has 2 nitrogen and oxygen atoms in total. The number of hydrogen-bond donors (Lipinski definition) is 0. The number of halogens is 2. The number of carbonyl (C=O) groups excluding carboxylic acids is 1. The lowest BCUT2D eigenvalue weighted by atomic mass is 10.2. The third-order valence-corrected chi connectivity index (χ3v) is 4.65. The van der Waals surface area contributed by atoms with Crippen LogP contribution in [0.25, 0.3) is 0 Å². The lowest BCUT2D eigenvalue weighted by Crippen LogP contribution is -2.41. The van der Waals surface area contributed by atoms with Gasteiger partial charge in [-0.2, -0.15) is 11.8 Å². The molecule has 1 aromatic carbocycles. The van der Waals surface area contributed by atoms with Crippen molar-refractivity contribution >= 4 is 33.6 Å². The van der Waals surface area contributed by atoms with Crippen LogP contribution in [-0.4, -0.2) is 34.9 Å². The molecule has 1 unspecified atom stereocenters. The van der Waals surface area contributed by atoms with Gasteiger partial charge >= 0.3 is 0 Å². The molecular weight excluding hydrogens is 305 g/mol. The fraction of sp³-hybridized carbons (Fsp3) is 0.417. The van der Waals surface area contributed by atoms with Gasteiger partial charge in [0.15, 0.2) is 0 Å². The number of thioether (sulfide) groups is 1. The first kappa shape index (κ1) is 12.9. The fourth-order valence-electron chi connectivity index (χ4n) is 1.84. The molecule has 1 heterocycles. The molecule has 1 aliphatic heterocycles. The van der Waals surface area contributed by atoms with Gasteiger partial charge in [0.25, 0.3) is 5.91 Å². The zero-order valence-electron chi connectivity index (χ0n) is 9.45. The second kappa shape index (κ2) is 5.40.